The van der Waals surface area contributed by atoms with Crippen molar-refractivity contribution in [2.75, 3.05) is 44.2 Å². The Morgan fingerprint density at radius 2 is 1.89 bits per heavy atom. The zero-order chi connectivity index (χ0) is 18.4. The zero-order valence-electron chi connectivity index (χ0n) is 16.1. The number of hydrogen-bond donors (Lipinski definition) is 2. The minimum absolute atomic E-state index is 0. The molecule has 2 heterocycles. The van der Waals surface area contributed by atoms with Crippen molar-refractivity contribution < 1.29 is 9.59 Å². The first kappa shape index (κ1) is 24.5. The van der Waals surface area contributed by atoms with E-state index >= 15 is 0 Å². The molecule has 0 bridgehead atoms. The van der Waals surface area contributed by atoms with Crippen LogP contribution in [0.25, 0.3) is 0 Å². The van der Waals surface area contributed by atoms with E-state index in [2.05, 4.69) is 15.2 Å². The summed E-state index contributed by atoms with van der Waals surface area (Å²) in [5, 5.41) is 2.93. The van der Waals surface area contributed by atoms with Crippen LogP contribution in [-0.4, -0.2) is 61.0 Å². The molecule has 1 aromatic heterocycles. The number of carbonyl (C=O) groups excluding carboxylic acids is 2. The zero-order valence-corrected chi connectivity index (χ0v) is 17.7. The molecule has 1 saturated carbocycles. The van der Waals surface area contributed by atoms with Crippen LogP contribution in [0.4, 0.5) is 5.82 Å². The van der Waals surface area contributed by atoms with Gasteiger partial charge in [-0.3, -0.25) is 9.59 Å². The predicted molar refractivity (Wildman–Crippen MR) is 115 cm³/mol. The molecule has 7 nitrogen and oxygen atoms in total. The number of carbonyl (C=O) groups is 2. The van der Waals surface area contributed by atoms with Gasteiger partial charge in [0.25, 0.3) is 0 Å². The molecule has 0 unspecified atom stereocenters. The molecule has 2 fully saturated rings. The maximum atomic E-state index is 12.4. The van der Waals surface area contributed by atoms with E-state index in [0.29, 0.717) is 38.5 Å². The van der Waals surface area contributed by atoms with Crippen molar-refractivity contribution in [1.82, 2.24) is 15.2 Å². The van der Waals surface area contributed by atoms with Crippen molar-refractivity contribution in [3.05, 3.63) is 24.4 Å². The van der Waals surface area contributed by atoms with Gasteiger partial charge in [-0.2, -0.15) is 0 Å². The van der Waals surface area contributed by atoms with Crippen LogP contribution in [-0.2, 0) is 9.59 Å². The van der Waals surface area contributed by atoms with Crippen molar-refractivity contribution in [3.63, 3.8) is 0 Å². The van der Waals surface area contributed by atoms with Crippen LogP contribution in [0.1, 0.15) is 25.7 Å². The molecular formula is C19H31Cl2N5O2. The third-order valence-electron chi connectivity index (χ3n) is 5.54. The Labute approximate surface area is 179 Å². The van der Waals surface area contributed by atoms with Gasteiger partial charge in [0.15, 0.2) is 0 Å². The Morgan fingerprint density at radius 3 is 2.54 bits per heavy atom. The summed E-state index contributed by atoms with van der Waals surface area (Å²) >= 11 is 0. The third-order valence-corrected chi connectivity index (χ3v) is 5.54. The van der Waals surface area contributed by atoms with Gasteiger partial charge < -0.3 is 20.9 Å². The lowest BCUT2D eigenvalue weighted by molar-refractivity contribution is -0.131. The fourth-order valence-electron chi connectivity index (χ4n) is 3.97. The van der Waals surface area contributed by atoms with Crippen molar-refractivity contribution >= 4 is 42.4 Å². The Morgan fingerprint density at radius 1 is 1.14 bits per heavy atom. The average Bonchev–Trinajstić information content (AvgIpc) is 3.17. The summed E-state index contributed by atoms with van der Waals surface area (Å²) in [6, 6.07) is 5.87. The number of nitrogens with zero attached hydrogens (tertiary/aromatic N) is 3. The lowest BCUT2D eigenvalue weighted by Gasteiger charge is -2.35. The Hall–Kier alpha value is -1.57. The van der Waals surface area contributed by atoms with E-state index < -0.39 is 0 Å². The van der Waals surface area contributed by atoms with Crippen molar-refractivity contribution in [2.45, 2.75) is 25.7 Å². The molecule has 0 radical (unpaired) electrons. The third kappa shape index (κ3) is 6.22. The first-order valence-electron chi connectivity index (χ1n) is 9.60. The highest BCUT2D eigenvalue weighted by molar-refractivity contribution is 5.85. The molecule has 1 aromatic rings. The summed E-state index contributed by atoms with van der Waals surface area (Å²) in [6.07, 6.45) is 5.16. The molecular weight excluding hydrogens is 401 g/mol. The lowest BCUT2D eigenvalue weighted by Crippen LogP contribution is -2.49. The monoisotopic (exact) mass is 431 g/mol. The molecule has 3 rings (SSSR count). The molecule has 2 aliphatic rings. The normalized spacial score (nSPS) is 21.5. The molecule has 1 aliphatic heterocycles. The highest BCUT2D eigenvalue weighted by Gasteiger charge is 2.31. The number of nitrogens with one attached hydrogen (secondary N) is 1. The number of anilines is 1. The fraction of sp³-hybridized carbons (Fsp3) is 0.632. The summed E-state index contributed by atoms with van der Waals surface area (Å²) in [5.74, 6) is 1.44. The summed E-state index contributed by atoms with van der Waals surface area (Å²) < 4.78 is 0. The van der Waals surface area contributed by atoms with E-state index in [1.165, 1.54) is 0 Å². The number of hydrogen-bond acceptors (Lipinski definition) is 5. The first-order chi connectivity index (χ1) is 12.7. The minimum Gasteiger partial charge on any atom is -0.355 e. The van der Waals surface area contributed by atoms with E-state index in [1.807, 2.05) is 23.1 Å². The number of pyridine rings is 1. The second-order valence-corrected chi connectivity index (χ2v) is 7.13. The maximum absolute atomic E-state index is 12.4. The van der Waals surface area contributed by atoms with Gasteiger partial charge in [-0.1, -0.05) is 12.5 Å². The minimum atomic E-state index is 0. The molecule has 2 atom stereocenters. The highest BCUT2D eigenvalue weighted by Crippen LogP contribution is 2.30. The molecule has 28 heavy (non-hydrogen) atoms. The Bertz CT molecular complexity index is 612. The standard InChI is InChI=1S/C19H29N5O2.2ClH/c20-14-15-4-3-5-16(15)19(26)22-9-7-18(25)24-12-10-23(11-13-24)17-6-1-2-8-21-17;;/h1-2,6,8,15-16H,3-5,7,9-14,20H2,(H,22,26);2*1H/t15-,16-;;/m1../s1. The highest BCUT2D eigenvalue weighted by atomic mass is 35.5. The smallest absolute Gasteiger partial charge is 0.224 e. The van der Waals surface area contributed by atoms with Gasteiger partial charge in [-0.15, -0.1) is 24.8 Å². The lowest BCUT2D eigenvalue weighted by atomic mass is 9.95. The molecule has 1 aliphatic carbocycles. The number of piperazine rings is 1. The Kier molecular flexibility index (Phi) is 10.6. The Balaban J connectivity index is 0.00000196. The summed E-state index contributed by atoms with van der Waals surface area (Å²) in [4.78, 5) is 33.1. The van der Waals surface area contributed by atoms with Crippen LogP contribution in [0.2, 0.25) is 0 Å². The molecule has 9 heteroatoms. The SMILES string of the molecule is Cl.Cl.NC[C@H]1CCC[C@H]1C(=O)NCCC(=O)N1CCN(c2ccccn2)CC1. The van der Waals surface area contributed by atoms with E-state index in [1.54, 1.807) is 6.20 Å². The van der Waals surface area contributed by atoms with E-state index in [9.17, 15) is 9.59 Å². The van der Waals surface area contributed by atoms with E-state index in [0.717, 1.165) is 38.2 Å². The van der Waals surface area contributed by atoms with Crippen LogP contribution in [0, 0.1) is 11.8 Å². The molecule has 0 spiro atoms. The number of halogens is 2. The molecule has 0 aromatic carbocycles. The second kappa shape index (κ2) is 12.1. The topological polar surface area (TPSA) is 91.6 Å². The molecule has 1 saturated heterocycles. The average molecular weight is 432 g/mol. The predicted octanol–water partition coefficient (Wildman–Crippen LogP) is 1.46. The van der Waals surface area contributed by atoms with Crippen LogP contribution >= 0.6 is 24.8 Å². The van der Waals surface area contributed by atoms with Crippen LogP contribution in [0.3, 0.4) is 0 Å². The summed E-state index contributed by atoms with van der Waals surface area (Å²) in [5.41, 5.74) is 5.74. The van der Waals surface area contributed by atoms with Gasteiger partial charge >= 0.3 is 0 Å². The van der Waals surface area contributed by atoms with Gasteiger partial charge in [0, 0.05) is 51.3 Å². The van der Waals surface area contributed by atoms with Gasteiger partial charge in [-0.25, -0.2) is 4.98 Å². The quantitative estimate of drug-likeness (QED) is 0.710. The number of rotatable bonds is 6. The van der Waals surface area contributed by atoms with Gasteiger partial charge in [0.2, 0.25) is 11.8 Å². The second-order valence-electron chi connectivity index (χ2n) is 7.13. The van der Waals surface area contributed by atoms with Crippen LogP contribution < -0.4 is 16.0 Å². The summed E-state index contributed by atoms with van der Waals surface area (Å²) in [7, 11) is 0. The van der Waals surface area contributed by atoms with Gasteiger partial charge in [0.1, 0.15) is 5.82 Å². The molecule has 158 valence electrons. The molecule has 2 amide bonds. The number of amides is 2. The van der Waals surface area contributed by atoms with E-state index in [-0.39, 0.29) is 42.5 Å². The fourth-order valence-corrected chi connectivity index (χ4v) is 3.97. The van der Waals surface area contributed by atoms with Gasteiger partial charge in [0.05, 0.1) is 0 Å². The van der Waals surface area contributed by atoms with Gasteiger partial charge in [-0.05, 0) is 37.4 Å². The molecule has 3 N–H and O–H groups in total. The number of nitrogens with two attached hydrogens (primary N) is 1. The van der Waals surface area contributed by atoms with Crippen LogP contribution in [0.15, 0.2) is 24.4 Å². The largest absolute Gasteiger partial charge is 0.355 e. The van der Waals surface area contributed by atoms with Crippen molar-refractivity contribution in [1.29, 1.82) is 0 Å². The van der Waals surface area contributed by atoms with E-state index in [4.69, 9.17) is 5.73 Å². The maximum Gasteiger partial charge on any atom is 0.224 e. The number of aromatic nitrogens is 1. The summed E-state index contributed by atoms with van der Waals surface area (Å²) in [6.45, 7) is 3.94. The van der Waals surface area contributed by atoms with Crippen LogP contribution in [0.5, 0.6) is 0 Å². The first-order valence-corrected chi connectivity index (χ1v) is 9.60. The van der Waals surface area contributed by atoms with Crippen molar-refractivity contribution in [2.24, 2.45) is 17.6 Å². The van der Waals surface area contributed by atoms with Crippen molar-refractivity contribution in [3.8, 4) is 0 Å².